The van der Waals surface area contributed by atoms with E-state index >= 15 is 0 Å². The van der Waals surface area contributed by atoms with Crippen LogP contribution in [0.1, 0.15) is 25.3 Å². The zero-order valence-electron chi connectivity index (χ0n) is 16.2. The Bertz CT molecular complexity index is 652. The quantitative estimate of drug-likeness (QED) is 0.384. The second kappa shape index (κ2) is 13.0. The summed E-state index contributed by atoms with van der Waals surface area (Å²) in [5.74, 6) is -2.76. The van der Waals surface area contributed by atoms with Crippen molar-refractivity contribution in [2.45, 2.75) is 38.5 Å². The summed E-state index contributed by atoms with van der Waals surface area (Å²) in [7, 11) is 0. The molecule has 2 unspecified atom stereocenters. The molecule has 1 aromatic carbocycles. The Kier molecular flexibility index (Phi) is 11.5. The lowest BCUT2D eigenvalue weighted by Gasteiger charge is -2.25. The Labute approximate surface area is 180 Å². The standard InChI is InChI=1S/C15H22Cl2N2.C4H6O6/c1-2-7-19(10-12-5-6-18-9-12)11-13-3-4-14(16)8-15(13)17;5-1(3(7)8)2(6)4(9)10/h3-4,8,12,18H,2,5-7,9-11H2,1H3;1-2,5-6H,(H,7,8)(H,9,10)/t12-;/m0./s1. The van der Waals surface area contributed by atoms with Crippen LogP contribution in [0.25, 0.3) is 0 Å². The number of rotatable bonds is 9. The van der Waals surface area contributed by atoms with Crippen LogP contribution in [0.4, 0.5) is 0 Å². The fraction of sp³-hybridized carbons (Fsp3) is 0.579. The highest BCUT2D eigenvalue weighted by molar-refractivity contribution is 6.35. The number of hydrogen-bond acceptors (Lipinski definition) is 6. The molecule has 0 aliphatic carbocycles. The number of carboxylic acids is 2. The van der Waals surface area contributed by atoms with E-state index in [0.29, 0.717) is 5.02 Å². The molecule has 0 saturated carbocycles. The van der Waals surface area contributed by atoms with Crippen molar-refractivity contribution in [2.24, 2.45) is 5.92 Å². The zero-order chi connectivity index (χ0) is 22.0. The van der Waals surface area contributed by atoms with E-state index in [1.807, 2.05) is 18.2 Å². The minimum Gasteiger partial charge on any atom is -0.479 e. The van der Waals surface area contributed by atoms with Gasteiger partial charge in [-0.25, -0.2) is 9.59 Å². The molecule has 0 amide bonds. The molecule has 1 saturated heterocycles. The van der Waals surface area contributed by atoms with Gasteiger partial charge in [-0.15, -0.1) is 0 Å². The van der Waals surface area contributed by atoms with E-state index < -0.39 is 24.1 Å². The third kappa shape index (κ3) is 9.29. The number of aliphatic hydroxyl groups is 2. The van der Waals surface area contributed by atoms with Crippen molar-refractivity contribution >= 4 is 35.1 Å². The smallest absolute Gasteiger partial charge is 0.335 e. The molecule has 29 heavy (non-hydrogen) atoms. The molecule has 1 aromatic rings. The molecule has 0 radical (unpaired) electrons. The van der Waals surface area contributed by atoms with Crippen LogP contribution in [-0.2, 0) is 16.1 Å². The van der Waals surface area contributed by atoms with Crippen molar-refractivity contribution in [1.29, 1.82) is 0 Å². The number of hydrogen-bond donors (Lipinski definition) is 5. The van der Waals surface area contributed by atoms with Gasteiger partial charge in [0.1, 0.15) is 0 Å². The normalized spacial score (nSPS) is 18.1. The average molecular weight is 451 g/mol. The molecule has 164 valence electrons. The van der Waals surface area contributed by atoms with Crippen LogP contribution < -0.4 is 5.32 Å². The second-order valence-corrected chi connectivity index (χ2v) is 7.74. The largest absolute Gasteiger partial charge is 0.479 e. The molecular formula is C19H28Cl2N2O6. The van der Waals surface area contributed by atoms with Gasteiger partial charge in [0.2, 0.25) is 0 Å². The fourth-order valence-corrected chi connectivity index (χ4v) is 3.42. The lowest BCUT2D eigenvalue weighted by Crippen LogP contribution is -2.39. The SMILES string of the molecule is CCCN(Cc1ccc(Cl)cc1Cl)C[C@H]1CCNC1.O=C(O)C(O)C(O)C(=O)O. The van der Waals surface area contributed by atoms with Gasteiger partial charge in [0, 0.05) is 23.1 Å². The minimum absolute atomic E-state index is 0.704. The summed E-state index contributed by atoms with van der Waals surface area (Å²) in [5, 5.41) is 37.4. The molecule has 5 N–H and O–H groups in total. The first-order valence-electron chi connectivity index (χ1n) is 9.34. The Morgan fingerprint density at radius 2 is 1.83 bits per heavy atom. The van der Waals surface area contributed by atoms with E-state index in [1.54, 1.807) is 0 Å². The van der Waals surface area contributed by atoms with Crippen LogP contribution in [0.15, 0.2) is 18.2 Å². The fourth-order valence-electron chi connectivity index (χ4n) is 2.95. The maximum atomic E-state index is 9.77. The average Bonchev–Trinajstić information content (AvgIpc) is 3.16. The molecule has 0 aromatic heterocycles. The van der Waals surface area contributed by atoms with Gasteiger partial charge >= 0.3 is 11.9 Å². The lowest BCUT2D eigenvalue weighted by molar-refractivity contribution is -0.165. The van der Waals surface area contributed by atoms with E-state index in [2.05, 4.69) is 17.1 Å². The van der Waals surface area contributed by atoms with Gasteiger partial charge in [-0.3, -0.25) is 4.90 Å². The second-order valence-electron chi connectivity index (χ2n) is 6.90. The number of nitrogens with one attached hydrogen (secondary N) is 1. The summed E-state index contributed by atoms with van der Waals surface area (Å²) in [5.41, 5.74) is 1.17. The molecular weight excluding hydrogens is 423 g/mol. The van der Waals surface area contributed by atoms with Crippen molar-refractivity contribution in [3.8, 4) is 0 Å². The zero-order valence-corrected chi connectivity index (χ0v) is 17.7. The topological polar surface area (TPSA) is 130 Å². The highest BCUT2D eigenvalue weighted by Crippen LogP contribution is 2.23. The minimum atomic E-state index is -2.27. The van der Waals surface area contributed by atoms with Gasteiger partial charge in [-0.2, -0.15) is 0 Å². The number of aliphatic carboxylic acids is 2. The Morgan fingerprint density at radius 1 is 1.21 bits per heavy atom. The molecule has 8 nitrogen and oxygen atoms in total. The van der Waals surface area contributed by atoms with Gasteiger partial charge in [0.05, 0.1) is 0 Å². The van der Waals surface area contributed by atoms with Crippen molar-refractivity contribution in [3.05, 3.63) is 33.8 Å². The molecule has 10 heteroatoms. The number of benzene rings is 1. The molecule has 2 rings (SSSR count). The number of aliphatic hydroxyl groups excluding tert-OH is 2. The van der Waals surface area contributed by atoms with Gasteiger partial charge in [-0.05, 0) is 56.1 Å². The summed E-state index contributed by atoms with van der Waals surface area (Å²) < 4.78 is 0. The molecule has 1 heterocycles. The first kappa shape index (κ1) is 25.6. The van der Waals surface area contributed by atoms with Gasteiger partial charge < -0.3 is 25.7 Å². The summed E-state index contributed by atoms with van der Waals surface area (Å²) in [6, 6.07) is 5.80. The maximum Gasteiger partial charge on any atom is 0.335 e. The number of nitrogens with zero attached hydrogens (tertiary/aromatic N) is 1. The van der Waals surface area contributed by atoms with Crippen molar-refractivity contribution in [2.75, 3.05) is 26.2 Å². The monoisotopic (exact) mass is 450 g/mol. The highest BCUT2D eigenvalue weighted by Gasteiger charge is 2.29. The molecule has 0 spiro atoms. The predicted molar refractivity (Wildman–Crippen MR) is 110 cm³/mol. The van der Waals surface area contributed by atoms with E-state index in [9.17, 15) is 9.59 Å². The number of carboxylic acid groups (broad SMARTS) is 2. The molecule has 3 atom stereocenters. The summed E-state index contributed by atoms with van der Waals surface area (Å²) in [4.78, 5) is 22.1. The summed E-state index contributed by atoms with van der Waals surface area (Å²) in [6.07, 6.45) is -2.07. The molecule has 1 aliphatic rings. The lowest BCUT2D eigenvalue weighted by atomic mass is 10.1. The third-order valence-corrected chi connectivity index (χ3v) is 5.02. The van der Waals surface area contributed by atoms with Crippen molar-refractivity contribution < 1.29 is 30.0 Å². The van der Waals surface area contributed by atoms with Crippen LogP contribution in [-0.4, -0.2) is 75.7 Å². The van der Waals surface area contributed by atoms with Gasteiger partial charge in [0.25, 0.3) is 0 Å². The highest BCUT2D eigenvalue weighted by atomic mass is 35.5. The van der Waals surface area contributed by atoms with Gasteiger partial charge in [0.15, 0.2) is 12.2 Å². The van der Waals surface area contributed by atoms with Crippen molar-refractivity contribution in [1.82, 2.24) is 10.2 Å². The predicted octanol–water partition coefficient (Wildman–Crippen LogP) is 1.69. The Hall–Kier alpha value is -1.42. The molecule has 1 fully saturated rings. The molecule has 1 aliphatic heterocycles. The van der Waals surface area contributed by atoms with Crippen LogP contribution in [0, 0.1) is 5.92 Å². The van der Waals surface area contributed by atoms with Crippen molar-refractivity contribution in [3.63, 3.8) is 0 Å². The molecule has 0 bridgehead atoms. The van der Waals surface area contributed by atoms with E-state index in [4.69, 9.17) is 43.6 Å². The van der Waals surface area contributed by atoms with Crippen LogP contribution in [0.5, 0.6) is 0 Å². The van der Waals surface area contributed by atoms with Crippen LogP contribution >= 0.6 is 23.2 Å². The van der Waals surface area contributed by atoms with E-state index in [0.717, 1.165) is 43.7 Å². The van der Waals surface area contributed by atoms with Crippen LogP contribution in [0.3, 0.4) is 0 Å². The number of carbonyl (C=O) groups is 2. The third-order valence-electron chi connectivity index (χ3n) is 4.43. The first-order valence-corrected chi connectivity index (χ1v) is 10.1. The van der Waals surface area contributed by atoms with Gasteiger partial charge in [-0.1, -0.05) is 36.2 Å². The summed E-state index contributed by atoms with van der Waals surface area (Å²) >= 11 is 12.2. The maximum absolute atomic E-state index is 9.77. The number of halogens is 2. The van der Waals surface area contributed by atoms with E-state index in [-0.39, 0.29) is 0 Å². The Morgan fingerprint density at radius 3 is 2.28 bits per heavy atom. The van der Waals surface area contributed by atoms with Crippen LogP contribution in [0.2, 0.25) is 10.0 Å². The Balaban J connectivity index is 0.000000359. The van der Waals surface area contributed by atoms with E-state index in [1.165, 1.54) is 18.4 Å². The summed E-state index contributed by atoms with van der Waals surface area (Å²) in [6.45, 7) is 7.72. The first-order chi connectivity index (χ1) is 13.6.